The maximum atomic E-state index is 10.9. The normalized spacial score (nSPS) is 10.7. The third kappa shape index (κ3) is 2.55. The molecule has 2 aromatic heterocycles. The first-order valence-corrected chi connectivity index (χ1v) is 6.49. The van der Waals surface area contributed by atoms with E-state index in [0.717, 1.165) is 11.3 Å². The first kappa shape index (κ1) is 13.1. The Morgan fingerprint density at radius 2 is 2.10 bits per heavy atom. The fraction of sp³-hybridized carbons (Fsp3) is 0.133. The molecule has 0 aliphatic rings. The molecule has 3 rings (SSSR count). The number of benzene rings is 1. The summed E-state index contributed by atoms with van der Waals surface area (Å²) >= 11 is 0. The molecule has 0 aliphatic heterocycles. The predicted molar refractivity (Wildman–Crippen MR) is 77.5 cm³/mol. The van der Waals surface area contributed by atoms with Crippen molar-refractivity contribution in [3.8, 4) is 17.1 Å². The number of aromatic carboxylic acids is 1. The molecule has 0 atom stereocenters. The molecule has 106 valence electrons. The van der Waals surface area contributed by atoms with Crippen molar-refractivity contribution in [2.24, 2.45) is 0 Å². The van der Waals surface area contributed by atoms with E-state index in [1.54, 1.807) is 0 Å². The fourth-order valence-corrected chi connectivity index (χ4v) is 2.03. The van der Waals surface area contributed by atoms with Crippen LogP contribution < -0.4 is 4.74 Å². The van der Waals surface area contributed by atoms with Crippen molar-refractivity contribution in [2.45, 2.75) is 6.92 Å². The third-order valence-electron chi connectivity index (χ3n) is 3.02. The van der Waals surface area contributed by atoms with Crippen LogP contribution in [0.1, 0.15) is 17.3 Å². The zero-order chi connectivity index (χ0) is 14.8. The van der Waals surface area contributed by atoms with Gasteiger partial charge in [-0.25, -0.2) is 14.8 Å². The van der Waals surface area contributed by atoms with Crippen molar-refractivity contribution in [3.05, 3.63) is 42.1 Å². The van der Waals surface area contributed by atoms with Gasteiger partial charge in [0.2, 0.25) is 0 Å². The summed E-state index contributed by atoms with van der Waals surface area (Å²) < 4.78 is 5.39. The summed E-state index contributed by atoms with van der Waals surface area (Å²) in [5.41, 5.74) is 2.10. The maximum absolute atomic E-state index is 10.9. The van der Waals surface area contributed by atoms with E-state index >= 15 is 0 Å². The summed E-state index contributed by atoms with van der Waals surface area (Å²) in [5.74, 6) is 0.424. The number of fused-ring (bicyclic) bond motifs is 1. The minimum atomic E-state index is -1.01. The Hall–Kier alpha value is -2.89. The lowest BCUT2D eigenvalue weighted by molar-refractivity contribution is 0.0696. The molecule has 2 N–H and O–H groups in total. The summed E-state index contributed by atoms with van der Waals surface area (Å²) in [6, 6.07) is 9.03. The molecular formula is C15H13N3O3. The topological polar surface area (TPSA) is 88.1 Å². The Morgan fingerprint density at radius 3 is 2.76 bits per heavy atom. The van der Waals surface area contributed by atoms with E-state index in [0.29, 0.717) is 23.6 Å². The van der Waals surface area contributed by atoms with Crippen LogP contribution in [0.5, 0.6) is 5.75 Å². The van der Waals surface area contributed by atoms with E-state index in [2.05, 4.69) is 15.0 Å². The van der Waals surface area contributed by atoms with Crippen LogP contribution >= 0.6 is 0 Å². The fourth-order valence-electron chi connectivity index (χ4n) is 2.03. The Kier molecular flexibility index (Phi) is 3.27. The molecule has 0 amide bonds. The van der Waals surface area contributed by atoms with Gasteiger partial charge in [-0.15, -0.1) is 0 Å². The highest BCUT2D eigenvalue weighted by Crippen LogP contribution is 2.22. The van der Waals surface area contributed by atoms with Crippen molar-refractivity contribution in [1.29, 1.82) is 0 Å². The molecule has 0 saturated carbocycles. The predicted octanol–water partition coefficient (Wildman–Crippen LogP) is 2.72. The minimum Gasteiger partial charge on any atom is -0.494 e. The number of nitrogens with one attached hydrogen (secondary N) is 1. The van der Waals surface area contributed by atoms with E-state index in [-0.39, 0.29) is 5.56 Å². The molecule has 3 aromatic rings. The van der Waals surface area contributed by atoms with Crippen molar-refractivity contribution in [1.82, 2.24) is 15.0 Å². The molecule has 1 aromatic carbocycles. The van der Waals surface area contributed by atoms with Crippen LogP contribution in [0.4, 0.5) is 0 Å². The van der Waals surface area contributed by atoms with Gasteiger partial charge in [-0.3, -0.25) is 0 Å². The number of hydrogen-bond donors (Lipinski definition) is 2. The molecule has 21 heavy (non-hydrogen) atoms. The van der Waals surface area contributed by atoms with Crippen LogP contribution in [0.25, 0.3) is 22.6 Å². The Labute approximate surface area is 120 Å². The van der Waals surface area contributed by atoms with E-state index in [1.165, 1.54) is 12.3 Å². The summed E-state index contributed by atoms with van der Waals surface area (Å²) in [5, 5.41) is 8.96. The number of hydrogen-bond acceptors (Lipinski definition) is 4. The molecule has 0 spiro atoms. The lowest BCUT2D eigenvalue weighted by atomic mass is 10.2. The lowest BCUT2D eigenvalue weighted by Gasteiger charge is -2.02. The van der Waals surface area contributed by atoms with Crippen LogP contribution in [-0.4, -0.2) is 32.6 Å². The molecule has 2 heterocycles. The Balaban J connectivity index is 1.98. The highest BCUT2D eigenvalue weighted by atomic mass is 16.5. The number of ether oxygens (including phenoxy) is 1. The average Bonchev–Trinajstić information content (AvgIpc) is 2.91. The number of rotatable bonds is 4. The van der Waals surface area contributed by atoms with Crippen LogP contribution in [0.15, 0.2) is 36.5 Å². The van der Waals surface area contributed by atoms with Gasteiger partial charge in [-0.2, -0.15) is 0 Å². The SMILES string of the molecule is CCOc1ccc(-c2nc3ncc(C(=O)O)cc3[nH]2)cc1. The van der Waals surface area contributed by atoms with Gasteiger partial charge in [-0.05, 0) is 37.3 Å². The van der Waals surface area contributed by atoms with Gasteiger partial charge in [0.15, 0.2) is 5.65 Å². The van der Waals surface area contributed by atoms with Crippen LogP contribution in [0, 0.1) is 0 Å². The second-order valence-corrected chi connectivity index (χ2v) is 4.44. The van der Waals surface area contributed by atoms with Crippen LogP contribution in [0.2, 0.25) is 0 Å². The highest BCUT2D eigenvalue weighted by Gasteiger charge is 2.10. The molecule has 0 fully saturated rings. The zero-order valence-corrected chi connectivity index (χ0v) is 11.3. The number of pyridine rings is 1. The number of aromatic nitrogens is 3. The lowest BCUT2D eigenvalue weighted by Crippen LogP contribution is -1.96. The minimum absolute atomic E-state index is 0.129. The monoisotopic (exact) mass is 283 g/mol. The maximum Gasteiger partial charge on any atom is 0.337 e. The smallest absolute Gasteiger partial charge is 0.337 e. The van der Waals surface area contributed by atoms with Gasteiger partial charge in [0.05, 0.1) is 17.7 Å². The van der Waals surface area contributed by atoms with Crippen molar-refractivity contribution < 1.29 is 14.6 Å². The van der Waals surface area contributed by atoms with Gasteiger partial charge in [0, 0.05) is 11.8 Å². The number of aromatic amines is 1. The van der Waals surface area contributed by atoms with E-state index < -0.39 is 5.97 Å². The summed E-state index contributed by atoms with van der Waals surface area (Å²) in [7, 11) is 0. The largest absolute Gasteiger partial charge is 0.494 e. The second-order valence-electron chi connectivity index (χ2n) is 4.44. The average molecular weight is 283 g/mol. The van der Waals surface area contributed by atoms with E-state index in [9.17, 15) is 4.79 Å². The number of H-pyrrole nitrogens is 1. The van der Waals surface area contributed by atoms with Gasteiger partial charge in [0.25, 0.3) is 0 Å². The van der Waals surface area contributed by atoms with Crippen molar-refractivity contribution in [3.63, 3.8) is 0 Å². The zero-order valence-electron chi connectivity index (χ0n) is 11.3. The highest BCUT2D eigenvalue weighted by molar-refractivity contribution is 5.91. The third-order valence-corrected chi connectivity index (χ3v) is 3.02. The van der Waals surface area contributed by atoms with Gasteiger partial charge in [0.1, 0.15) is 11.6 Å². The second kappa shape index (κ2) is 5.24. The number of carboxylic acid groups (broad SMARTS) is 1. The van der Waals surface area contributed by atoms with Crippen molar-refractivity contribution in [2.75, 3.05) is 6.61 Å². The van der Waals surface area contributed by atoms with Crippen molar-refractivity contribution >= 4 is 17.1 Å². The number of nitrogens with zero attached hydrogens (tertiary/aromatic N) is 2. The van der Waals surface area contributed by atoms with Gasteiger partial charge >= 0.3 is 5.97 Å². The first-order valence-electron chi connectivity index (χ1n) is 6.49. The molecule has 0 aliphatic carbocycles. The number of carboxylic acids is 1. The molecule has 0 radical (unpaired) electrons. The Bertz CT molecular complexity index is 794. The molecule has 0 bridgehead atoms. The molecule has 0 unspecified atom stereocenters. The quantitative estimate of drug-likeness (QED) is 0.768. The first-order chi connectivity index (χ1) is 10.2. The molecule has 6 heteroatoms. The van der Waals surface area contributed by atoms with Gasteiger partial charge in [-0.1, -0.05) is 0 Å². The van der Waals surface area contributed by atoms with E-state index in [4.69, 9.17) is 9.84 Å². The van der Waals surface area contributed by atoms with Crippen LogP contribution in [-0.2, 0) is 0 Å². The summed E-state index contributed by atoms with van der Waals surface area (Å²) in [6.07, 6.45) is 1.30. The van der Waals surface area contributed by atoms with Crippen LogP contribution in [0.3, 0.4) is 0 Å². The number of carbonyl (C=O) groups is 1. The van der Waals surface area contributed by atoms with Gasteiger partial charge < -0.3 is 14.8 Å². The molecule has 0 saturated heterocycles. The van der Waals surface area contributed by atoms with E-state index in [1.807, 2.05) is 31.2 Å². The number of imidazole rings is 1. The summed E-state index contributed by atoms with van der Waals surface area (Å²) in [4.78, 5) is 22.4. The molecule has 6 nitrogen and oxygen atoms in total. The molecular weight excluding hydrogens is 270 g/mol. The summed E-state index contributed by atoms with van der Waals surface area (Å²) in [6.45, 7) is 2.55. The standard InChI is InChI=1S/C15H13N3O3/c1-2-21-11-5-3-9(4-6-11)13-17-12-7-10(15(19)20)8-16-14(12)18-13/h3-8H,2H2,1H3,(H,19,20)(H,16,17,18). The Morgan fingerprint density at radius 1 is 1.33 bits per heavy atom.